The smallest absolute Gasteiger partial charge is 0.338 e. The van der Waals surface area contributed by atoms with Crippen LogP contribution in [-0.4, -0.2) is 52.6 Å². The summed E-state index contributed by atoms with van der Waals surface area (Å²) in [4.78, 5) is 37.1. The van der Waals surface area contributed by atoms with E-state index in [1.165, 1.54) is 11.3 Å². The highest BCUT2D eigenvalue weighted by molar-refractivity contribution is 7.16. The van der Waals surface area contributed by atoms with Crippen LogP contribution in [0.3, 0.4) is 0 Å². The van der Waals surface area contributed by atoms with Crippen LogP contribution in [0.25, 0.3) is 0 Å². The van der Waals surface area contributed by atoms with Crippen LogP contribution < -0.4 is 5.32 Å². The number of likely N-dealkylation sites (tertiary alicyclic amines) is 1. The Kier molecular flexibility index (Phi) is 5.73. The fraction of sp³-hybridized carbons (Fsp3) is 0.533. The zero-order valence-electron chi connectivity index (χ0n) is 12.9. The third-order valence-electron chi connectivity index (χ3n) is 3.84. The van der Waals surface area contributed by atoms with E-state index in [0.29, 0.717) is 30.9 Å². The minimum absolute atomic E-state index is 0.0716. The number of aryl methyl sites for hydroxylation is 1. The highest BCUT2D eigenvalue weighted by Crippen LogP contribution is 2.28. The zero-order valence-corrected chi connectivity index (χ0v) is 13.7. The minimum Gasteiger partial charge on any atom is -0.481 e. The van der Waals surface area contributed by atoms with Gasteiger partial charge in [-0.25, -0.2) is 4.79 Å². The van der Waals surface area contributed by atoms with Crippen LogP contribution in [0.5, 0.6) is 0 Å². The summed E-state index contributed by atoms with van der Waals surface area (Å²) in [6.45, 7) is 3.01. The van der Waals surface area contributed by atoms with Crippen LogP contribution in [-0.2, 0) is 16.0 Å². The molecule has 23 heavy (non-hydrogen) atoms. The van der Waals surface area contributed by atoms with Crippen molar-refractivity contribution in [2.45, 2.75) is 26.2 Å². The van der Waals surface area contributed by atoms with Gasteiger partial charge in [0.1, 0.15) is 5.00 Å². The first kappa shape index (κ1) is 17.4. The Morgan fingerprint density at radius 2 is 2.13 bits per heavy atom. The lowest BCUT2D eigenvalue weighted by molar-refractivity contribution is -0.144. The second kappa shape index (κ2) is 7.56. The number of piperidine rings is 1. The largest absolute Gasteiger partial charge is 0.481 e. The number of amides is 1. The number of hydrogen-bond acceptors (Lipinski definition) is 5. The Labute approximate surface area is 137 Å². The Bertz CT molecular complexity index is 613. The van der Waals surface area contributed by atoms with Crippen molar-refractivity contribution in [1.29, 1.82) is 0 Å². The van der Waals surface area contributed by atoms with Gasteiger partial charge in [0.05, 0.1) is 18.0 Å². The number of nitrogens with one attached hydrogen (secondary N) is 1. The highest BCUT2D eigenvalue weighted by Gasteiger charge is 2.26. The van der Waals surface area contributed by atoms with Crippen LogP contribution in [0.2, 0.25) is 0 Å². The molecule has 7 nitrogen and oxygen atoms in total. The molecule has 1 aliphatic rings. The van der Waals surface area contributed by atoms with Gasteiger partial charge < -0.3 is 15.5 Å². The summed E-state index contributed by atoms with van der Waals surface area (Å²) < 4.78 is 0. The van der Waals surface area contributed by atoms with E-state index in [-0.39, 0.29) is 18.0 Å². The third kappa shape index (κ3) is 4.52. The van der Waals surface area contributed by atoms with Crippen molar-refractivity contribution in [3.8, 4) is 0 Å². The van der Waals surface area contributed by atoms with Crippen molar-refractivity contribution < 1.29 is 24.6 Å². The fourth-order valence-electron chi connectivity index (χ4n) is 2.64. The summed E-state index contributed by atoms with van der Waals surface area (Å²) >= 11 is 1.26. The lowest BCUT2D eigenvalue weighted by Gasteiger charge is -2.29. The number of aliphatic carboxylic acids is 1. The third-order valence-corrected chi connectivity index (χ3v) is 5.03. The predicted octanol–water partition coefficient (Wildman–Crippen LogP) is 1.74. The summed E-state index contributed by atoms with van der Waals surface area (Å²) in [7, 11) is 0. The number of carbonyl (C=O) groups is 3. The molecule has 0 radical (unpaired) electrons. The summed E-state index contributed by atoms with van der Waals surface area (Å²) in [5, 5.41) is 21.2. The van der Waals surface area contributed by atoms with E-state index in [1.807, 2.05) is 6.92 Å². The molecule has 1 saturated heterocycles. The number of carbonyl (C=O) groups excluding carboxylic acids is 1. The first-order chi connectivity index (χ1) is 10.9. The number of rotatable bonds is 6. The lowest BCUT2D eigenvalue weighted by Crippen LogP contribution is -2.42. The average Bonchev–Trinajstić information content (AvgIpc) is 2.90. The first-order valence-corrected chi connectivity index (χ1v) is 8.33. The van der Waals surface area contributed by atoms with Crippen LogP contribution in [0.15, 0.2) is 6.07 Å². The Balaban J connectivity index is 1.98. The minimum atomic E-state index is -1.07. The van der Waals surface area contributed by atoms with E-state index in [1.54, 1.807) is 11.0 Å². The summed E-state index contributed by atoms with van der Waals surface area (Å²) in [5.74, 6) is -2.67. The summed E-state index contributed by atoms with van der Waals surface area (Å²) in [6, 6.07) is 1.57. The Hall–Kier alpha value is -1.93. The molecule has 0 saturated carbocycles. The molecule has 8 heteroatoms. The highest BCUT2D eigenvalue weighted by atomic mass is 32.1. The van der Waals surface area contributed by atoms with Gasteiger partial charge >= 0.3 is 11.9 Å². The van der Waals surface area contributed by atoms with Gasteiger partial charge in [0.15, 0.2) is 0 Å². The normalized spacial score (nSPS) is 18.6. The number of nitrogens with zero attached hydrogens (tertiary/aromatic N) is 1. The molecule has 0 aliphatic carbocycles. The van der Waals surface area contributed by atoms with Gasteiger partial charge in [0.25, 0.3) is 0 Å². The SMILES string of the molecule is CCc1cc(C(=O)O)c(NC(=O)CN2CCCC(C(=O)O)C2)s1. The molecule has 2 heterocycles. The van der Waals surface area contributed by atoms with Gasteiger partial charge in [0.2, 0.25) is 5.91 Å². The van der Waals surface area contributed by atoms with Crippen molar-refractivity contribution in [3.05, 3.63) is 16.5 Å². The molecule has 1 unspecified atom stereocenters. The zero-order chi connectivity index (χ0) is 17.0. The van der Waals surface area contributed by atoms with Crippen molar-refractivity contribution in [3.63, 3.8) is 0 Å². The number of carboxylic acid groups (broad SMARTS) is 2. The van der Waals surface area contributed by atoms with E-state index in [0.717, 1.165) is 11.3 Å². The number of aromatic carboxylic acids is 1. The van der Waals surface area contributed by atoms with Crippen LogP contribution in [0.4, 0.5) is 5.00 Å². The van der Waals surface area contributed by atoms with Crippen molar-refractivity contribution in [1.82, 2.24) is 4.90 Å². The molecule has 1 amide bonds. The van der Waals surface area contributed by atoms with E-state index < -0.39 is 17.9 Å². The van der Waals surface area contributed by atoms with Crippen molar-refractivity contribution in [2.75, 3.05) is 25.0 Å². The molecule has 1 aliphatic heterocycles. The molecule has 1 atom stereocenters. The standard InChI is InChI=1S/C15H20N2O5S/c1-2-10-6-11(15(21)22)13(23-10)16-12(18)8-17-5-3-4-9(7-17)14(19)20/h6,9H,2-5,7-8H2,1H3,(H,16,18)(H,19,20)(H,21,22). The number of thiophene rings is 1. The molecule has 1 fully saturated rings. The van der Waals surface area contributed by atoms with Gasteiger partial charge in [-0.1, -0.05) is 6.92 Å². The number of anilines is 1. The number of carboxylic acids is 2. The molecule has 1 aromatic heterocycles. The van der Waals surface area contributed by atoms with Crippen LogP contribution in [0.1, 0.15) is 35.0 Å². The van der Waals surface area contributed by atoms with Gasteiger partial charge in [-0.2, -0.15) is 0 Å². The monoisotopic (exact) mass is 340 g/mol. The van der Waals surface area contributed by atoms with Crippen LogP contribution in [0, 0.1) is 5.92 Å². The molecule has 0 spiro atoms. The van der Waals surface area contributed by atoms with Crippen molar-refractivity contribution >= 4 is 34.2 Å². The lowest BCUT2D eigenvalue weighted by atomic mass is 9.98. The molecule has 126 valence electrons. The number of hydrogen-bond donors (Lipinski definition) is 3. The maximum atomic E-state index is 12.1. The second-order valence-electron chi connectivity index (χ2n) is 5.57. The maximum absolute atomic E-state index is 12.1. The van der Waals surface area contributed by atoms with Gasteiger partial charge in [-0.05, 0) is 31.9 Å². The van der Waals surface area contributed by atoms with E-state index in [4.69, 9.17) is 5.11 Å². The topological polar surface area (TPSA) is 107 Å². The quantitative estimate of drug-likeness (QED) is 0.728. The Morgan fingerprint density at radius 3 is 2.74 bits per heavy atom. The van der Waals surface area contributed by atoms with Crippen molar-refractivity contribution in [2.24, 2.45) is 5.92 Å². The maximum Gasteiger partial charge on any atom is 0.338 e. The van der Waals surface area contributed by atoms with E-state index >= 15 is 0 Å². The van der Waals surface area contributed by atoms with E-state index in [2.05, 4.69) is 5.32 Å². The molecule has 0 bridgehead atoms. The first-order valence-electron chi connectivity index (χ1n) is 7.51. The van der Waals surface area contributed by atoms with Gasteiger partial charge in [0, 0.05) is 11.4 Å². The van der Waals surface area contributed by atoms with Gasteiger partial charge in [-0.3, -0.25) is 14.5 Å². The van der Waals surface area contributed by atoms with E-state index in [9.17, 15) is 19.5 Å². The second-order valence-corrected chi connectivity index (χ2v) is 6.71. The molecule has 0 aromatic carbocycles. The summed E-state index contributed by atoms with van der Waals surface area (Å²) in [6.07, 6.45) is 2.07. The molecular formula is C15H20N2O5S. The van der Waals surface area contributed by atoms with Crippen LogP contribution >= 0.6 is 11.3 Å². The predicted molar refractivity (Wildman–Crippen MR) is 86.1 cm³/mol. The average molecular weight is 340 g/mol. The molecule has 2 rings (SSSR count). The molecular weight excluding hydrogens is 320 g/mol. The Morgan fingerprint density at radius 1 is 1.39 bits per heavy atom. The van der Waals surface area contributed by atoms with Gasteiger partial charge in [-0.15, -0.1) is 11.3 Å². The summed E-state index contributed by atoms with van der Waals surface area (Å²) in [5.41, 5.74) is 0.0993. The molecule has 1 aromatic rings. The fourth-order valence-corrected chi connectivity index (χ4v) is 3.64. The molecule has 3 N–H and O–H groups in total.